The fraction of sp³-hybridized carbons (Fsp3) is 0.889. The Bertz CT molecular complexity index is 134. The van der Waals surface area contributed by atoms with Crippen molar-refractivity contribution in [3.8, 4) is 0 Å². The fourth-order valence-corrected chi connectivity index (χ4v) is 0.991. The maximum atomic E-state index is 11.1. The molecule has 0 aromatic carbocycles. The smallest absolute Gasteiger partial charge is 0.135 e. The van der Waals surface area contributed by atoms with E-state index in [0.717, 1.165) is 13.0 Å². The molecule has 0 heterocycles. The van der Waals surface area contributed by atoms with Crippen molar-refractivity contribution in [2.75, 3.05) is 6.54 Å². The molecule has 12 heavy (non-hydrogen) atoms. The minimum atomic E-state index is 0.179. The molecule has 0 rings (SSSR count). The molecular formula is C9H19NOS. The fourth-order valence-electron chi connectivity index (χ4n) is 0.862. The van der Waals surface area contributed by atoms with Crippen molar-refractivity contribution >= 4 is 18.4 Å². The lowest BCUT2D eigenvalue weighted by Gasteiger charge is -2.07. The van der Waals surface area contributed by atoms with E-state index in [0.29, 0.717) is 12.2 Å². The highest BCUT2D eigenvalue weighted by atomic mass is 32.1. The maximum absolute atomic E-state index is 11.1. The van der Waals surface area contributed by atoms with Crippen molar-refractivity contribution in [2.24, 2.45) is 5.92 Å². The number of nitrogens with one attached hydrogen (secondary N) is 1. The van der Waals surface area contributed by atoms with E-state index in [4.69, 9.17) is 0 Å². The van der Waals surface area contributed by atoms with Crippen LogP contribution in [-0.2, 0) is 4.79 Å². The van der Waals surface area contributed by atoms with Gasteiger partial charge in [-0.1, -0.05) is 13.8 Å². The highest BCUT2D eigenvalue weighted by Gasteiger charge is 2.05. The van der Waals surface area contributed by atoms with E-state index in [1.54, 1.807) is 0 Å². The molecule has 0 radical (unpaired) electrons. The summed E-state index contributed by atoms with van der Waals surface area (Å²) in [5.74, 6) is 0.530. The summed E-state index contributed by atoms with van der Waals surface area (Å²) < 4.78 is 0. The first-order chi connectivity index (χ1) is 5.54. The van der Waals surface area contributed by atoms with Crippen molar-refractivity contribution < 1.29 is 4.79 Å². The molecule has 0 fully saturated rings. The van der Waals surface area contributed by atoms with Gasteiger partial charge in [0.2, 0.25) is 0 Å². The summed E-state index contributed by atoms with van der Waals surface area (Å²) in [6, 6.07) is 0. The number of hydrogen-bond acceptors (Lipinski definition) is 3. The van der Waals surface area contributed by atoms with Gasteiger partial charge < -0.3 is 5.32 Å². The van der Waals surface area contributed by atoms with Crippen LogP contribution < -0.4 is 5.32 Å². The SMILES string of the molecule is CC(S)NCCCC(=O)C(C)C. The summed E-state index contributed by atoms with van der Waals surface area (Å²) in [6.07, 6.45) is 1.60. The molecule has 2 nitrogen and oxygen atoms in total. The average molecular weight is 189 g/mol. The number of carbonyl (C=O) groups excluding carboxylic acids is 1. The second-order valence-corrected chi connectivity index (χ2v) is 4.13. The highest BCUT2D eigenvalue weighted by Crippen LogP contribution is 2.01. The summed E-state index contributed by atoms with van der Waals surface area (Å²) in [7, 11) is 0. The van der Waals surface area contributed by atoms with Gasteiger partial charge in [-0.05, 0) is 19.9 Å². The number of rotatable bonds is 6. The van der Waals surface area contributed by atoms with Crippen LogP contribution in [0.1, 0.15) is 33.6 Å². The molecule has 1 atom stereocenters. The zero-order valence-electron chi connectivity index (χ0n) is 8.13. The molecule has 0 aliphatic rings. The predicted molar refractivity (Wildman–Crippen MR) is 55.5 cm³/mol. The van der Waals surface area contributed by atoms with Crippen LogP contribution in [0.15, 0.2) is 0 Å². The molecule has 1 N–H and O–H groups in total. The Kier molecular flexibility index (Phi) is 6.48. The van der Waals surface area contributed by atoms with Gasteiger partial charge in [-0.2, -0.15) is 12.6 Å². The van der Waals surface area contributed by atoms with Crippen LogP contribution in [0, 0.1) is 5.92 Å². The molecule has 0 aliphatic carbocycles. The van der Waals surface area contributed by atoms with Gasteiger partial charge in [-0.25, -0.2) is 0 Å². The van der Waals surface area contributed by atoms with Crippen LogP contribution in [-0.4, -0.2) is 17.7 Å². The number of hydrogen-bond donors (Lipinski definition) is 2. The van der Waals surface area contributed by atoms with Crippen molar-refractivity contribution in [3.05, 3.63) is 0 Å². The first-order valence-electron chi connectivity index (χ1n) is 4.48. The highest BCUT2D eigenvalue weighted by molar-refractivity contribution is 7.80. The topological polar surface area (TPSA) is 29.1 Å². The van der Waals surface area contributed by atoms with Gasteiger partial charge in [0.1, 0.15) is 5.78 Å². The standard InChI is InChI=1S/C9H19NOS/c1-7(2)9(11)5-4-6-10-8(3)12/h7-8,10,12H,4-6H2,1-3H3. The zero-order chi connectivity index (χ0) is 9.56. The summed E-state index contributed by atoms with van der Waals surface area (Å²) in [4.78, 5) is 11.1. The van der Waals surface area contributed by atoms with Gasteiger partial charge in [-0.3, -0.25) is 4.79 Å². The summed E-state index contributed by atoms with van der Waals surface area (Å²) in [6.45, 7) is 6.74. The van der Waals surface area contributed by atoms with Gasteiger partial charge in [0.15, 0.2) is 0 Å². The van der Waals surface area contributed by atoms with Gasteiger partial charge in [-0.15, -0.1) is 0 Å². The summed E-state index contributed by atoms with van der Waals surface area (Å²) in [5.41, 5.74) is 0. The van der Waals surface area contributed by atoms with E-state index in [1.165, 1.54) is 0 Å². The maximum Gasteiger partial charge on any atom is 0.135 e. The van der Waals surface area contributed by atoms with Gasteiger partial charge in [0, 0.05) is 17.7 Å². The van der Waals surface area contributed by atoms with Gasteiger partial charge in [0.05, 0.1) is 0 Å². The monoisotopic (exact) mass is 189 g/mol. The zero-order valence-corrected chi connectivity index (χ0v) is 9.03. The Balaban J connectivity index is 3.26. The average Bonchev–Trinajstić information content (AvgIpc) is 1.97. The third-order valence-electron chi connectivity index (χ3n) is 1.68. The molecular weight excluding hydrogens is 170 g/mol. The molecule has 3 heteroatoms. The van der Waals surface area contributed by atoms with Crippen molar-refractivity contribution in [1.29, 1.82) is 0 Å². The van der Waals surface area contributed by atoms with Crippen LogP contribution in [0.2, 0.25) is 0 Å². The number of ketones is 1. The minimum Gasteiger partial charge on any atom is -0.306 e. The summed E-state index contributed by atoms with van der Waals surface area (Å²) >= 11 is 4.17. The summed E-state index contributed by atoms with van der Waals surface area (Å²) in [5, 5.41) is 3.37. The van der Waals surface area contributed by atoms with E-state index >= 15 is 0 Å². The third-order valence-corrected chi connectivity index (χ3v) is 1.87. The third kappa shape index (κ3) is 6.68. The normalized spacial score (nSPS) is 13.4. The van der Waals surface area contributed by atoms with Crippen LogP contribution >= 0.6 is 12.6 Å². The molecule has 0 aliphatic heterocycles. The molecule has 0 aromatic rings. The molecule has 0 aromatic heterocycles. The Morgan fingerprint density at radius 1 is 1.42 bits per heavy atom. The number of thiol groups is 1. The lowest BCUT2D eigenvalue weighted by atomic mass is 10.1. The second-order valence-electron chi connectivity index (χ2n) is 3.35. The van der Waals surface area contributed by atoms with Gasteiger partial charge in [0.25, 0.3) is 0 Å². The molecule has 1 unspecified atom stereocenters. The lowest BCUT2D eigenvalue weighted by molar-refractivity contribution is -0.121. The quantitative estimate of drug-likeness (QED) is 0.379. The van der Waals surface area contributed by atoms with E-state index in [1.807, 2.05) is 20.8 Å². The predicted octanol–water partition coefficient (Wildman–Crippen LogP) is 1.86. The Labute approximate surface area is 80.5 Å². The first-order valence-corrected chi connectivity index (χ1v) is 5.00. The lowest BCUT2D eigenvalue weighted by Crippen LogP contribution is -2.22. The first kappa shape index (κ1) is 12.0. The van der Waals surface area contributed by atoms with Crippen LogP contribution in [0.5, 0.6) is 0 Å². The second kappa shape index (κ2) is 6.49. The Hall–Kier alpha value is -0.0200. The van der Waals surface area contributed by atoms with Crippen molar-refractivity contribution in [1.82, 2.24) is 5.32 Å². The molecule has 0 bridgehead atoms. The van der Waals surface area contributed by atoms with Crippen LogP contribution in [0.3, 0.4) is 0 Å². The number of carbonyl (C=O) groups is 1. The van der Waals surface area contributed by atoms with Crippen molar-refractivity contribution in [3.63, 3.8) is 0 Å². The molecule has 72 valence electrons. The van der Waals surface area contributed by atoms with Crippen LogP contribution in [0.4, 0.5) is 0 Å². The molecule has 0 spiro atoms. The Morgan fingerprint density at radius 2 is 2.00 bits per heavy atom. The van der Waals surface area contributed by atoms with E-state index in [2.05, 4.69) is 17.9 Å². The van der Waals surface area contributed by atoms with Crippen molar-refractivity contribution in [2.45, 2.75) is 39.0 Å². The van der Waals surface area contributed by atoms with E-state index in [-0.39, 0.29) is 11.3 Å². The molecule has 0 amide bonds. The Morgan fingerprint density at radius 3 is 2.42 bits per heavy atom. The van der Waals surface area contributed by atoms with Gasteiger partial charge >= 0.3 is 0 Å². The number of Topliss-reactive ketones (excluding diaryl/α,β-unsaturated/α-hetero) is 1. The molecule has 0 saturated heterocycles. The van der Waals surface area contributed by atoms with E-state index in [9.17, 15) is 4.79 Å². The van der Waals surface area contributed by atoms with Crippen LogP contribution in [0.25, 0.3) is 0 Å². The van der Waals surface area contributed by atoms with E-state index < -0.39 is 0 Å². The minimum absolute atomic E-state index is 0.179. The largest absolute Gasteiger partial charge is 0.306 e. The molecule has 0 saturated carbocycles.